The first kappa shape index (κ1) is 15.6. The predicted octanol–water partition coefficient (Wildman–Crippen LogP) is 1.40. The van der Waals surface area contributed by atoms with Crippen LogP contribution in [0.3, 0.4) is 0 Å². The van der Waals surface area contributed by atoms with Crippen LogP contribution in [0.4, 0.5) is 0 Å². The molecular weight excluding hydrogens is 330 g/mol. The molecule has 1 aliphatic heterocycles. The van der Waals surface area contributed by atoms with Gasteiger partial charge in [-0.1, -0.05) is 12.1 Å². The van der Waals surface area contributed by atoms with E-state index in [1.807, 2.05) is 24.3 Å². The summed E-state index contributed by atoms with van der Waals surface area (Å²) in [5.74, 6) is -0.936. The number of carbonyl (C=O) groups is 1. The first-order chi connectivity index (χ1) is 11.4. The standard InChI is InChI=1S/C16H19N3O4S/c20-15(21)16(19-11-17-13-3-1-2-4-14(13)19)7-9-18(10-8-16)24(22,23)12-5-6-12/h1-4,11-12H,5-10H2,(H,20,21). The zero-order chi connectivity index (χ0) is 16.9. The van der Waals surface area contributed by atoms with Crippen molar-refractivity contribution in [1.29, 1.82) is 0 Å². The van der Waals surface area contributed by atoms with Crippen molar-refractivity contribution in [2.24, 2.45) is 0 Å². The smallest absolute Gasteiger partial charge is 0.330 e. The highest BCUT2D eigenvalue weighted by Crippen LogP contribution is 2.38. The maximum Gasteiger partial charge on any atom is 0.330 e. The lowest BCUT2D eigenvalue weighted by Crippen LogP contribution is -2.52. The van der Waals surface area contributed by atoms with E-state index < -0.39 is 21.5 Å². The number of hydrogen-bond acceptors (Lipinski definition) is 4. The minimum absolute atomic E-state index is 0.234. The van der Waals surface area contributed by atoms with Crippen LogP contribution >= 0.6 is 0 Å². The number of aliphatic carboxylic acids is 1. The Morgan fingerprint density at radius 2 is 1.88 bits per heavy atom. The zero-order valence-electron chi connectivity index (χ0n) is 13.1. The van der Waals surface area contributed by atoms with Crippen LogP contribution in [0.15, 0.2) is 30.6 Å². The first-order valence-corrected chi connectivity index (χ1v) is 9.60. The van der Waals surface area contributed by atoms with Crippen LogP contribution < -0.4 is 0 Å². The number of benzene rings is 1. The number of rotatable bonds is 4. The average Bonchev–Trinajstić information content (AvgIpc) is 3.35. The summed E-state index contributed by atoms with van der Waals surface area (Å²) in [6, 6.07) is 7.40. The SMILES string of the molecule is O=C(O)C1(n2cnc3ccccc32)CCN(S(=O)(=O)C2CC2)CC1. The van der Waals surface area contributed by atoms with E-state index in [0.29, 0.717) is 0 Å². The molecule has 2 fully saturated rings. The summed E-state index contributed by atoms with van der Waals surface area (Å²) < 4.78 is 27.9. The Morgan fingerprint density at radius 1 is 1.21 bits per heavy atom. The summed E-state index contributed by atoms with van der Waals surface area (Å²) in [5, 5.41) is 9.65. The number of carboxylic acids is 1. The number of para-hydroxylation sites is 2. The number of imidazole rings is 1. The number of sulfonamides is 1. The Labute approximate surface area is 140 Å². The monoisotopic (exact) mass is 349 g/mol. The quantitative estimate of drug-likeness (QED) is 0.901. The van der Waals surface area contributed by atoms with Crippen molar-refractivity contribution in [2.45, 2.75) is 36.5 Å². The number of nitrogens with zero attached hydrogens (tertiary/aromatic N) is 3. The summed E-state index contributed by atoms with van der Waals surface area (Å²) in [6.45, 7) is 0.468. The molecule has 0 atom stereocenters. The zero-order valence-corrected chi connectivity index (χ0v) is 13.9. The molecule has 1 aromatic carbocycles. The molecule has 2 aliphatic rings. The van der Waals surface area contributed by atoms with Crippen molar-refractivity contribution in [3.63, 3.8) is 0 Å². The van der Waals surface area contributed by atoms with Crippen LogP contribution in [0.2, 0.25) is 0 Å². The fourth-order valence-electron chi connectivity index (χ4n) is 3.55. The fourth-order valence-corrected chi connectivity index (χ4v) is 5.39. The van der Waals surface area contributed by atoms with Crippen LogP contribution in [0.5, 0.6) is 0 Å². The van der Waals surface area contributed by atoms with Crippen molar-refractivity contribution in [3.8, 4) is 0 Å². The van der Waals surface area contributed by atoms with E-state index in [0.717, 1.165) is 23.9 Å². The molecule has 0 radical (unpaired) electrons. The molecule has 1 aromatic heterocycles. The summed E-state index contributed by atoms with van der Waals surface area (Å²) in [6.07, 6.45) is 3.48. The molecule has 1 saturated carbocycles. The summed E-state index contributed by atoms with van der Waals surface area (Å²) in [4.78, 5) is 16.4. The number of carboxylic acid groups (broad SMARTS) is 1. The van der Waals surface area contributed by atoms with Crippen LogP contribution in [-0.4, -0.2) is 51.7 Å². The van der Waals surface area contributed by atoms with E-state index in [1.165, 1.54) is 4.31 Å². The second kappa shape index (κ2) is 5.29. The van der Waals surface area contributed by atoms with Crippen LogP contribution in [-0.2, 0) is 20.4 Å². The van der Waals surface area contributed by atoms with Gasteiger partial charge in [-0.05, 0) is 37.8 Å². The van der Waals surface area contributed by atoms with E-state index in [4.69, 9.17) is 0 Å². The molecule has 0 bridgehead atoms. The van der Waals surface area contributed by atoms with Crippen molar-refractivity contribution in [1.82, 2.24) is 13.9 Å². The largest absolute Gasteiger partial charge is 0.479 e. The summed E-state index contributed by atoms with van der Waals surface area (Å²) in [7, 11) is -3.26. The second-order valence-corrected chi connectivity index (χ2v) is 8.80. The topological polar surface area (TPSA) is 92.5 Å². The lowest BCUT2D eigenvalue weighted by atomic mass is 9.88. The Morgan fingerprint density at radius 3 is 2.50 bits per heavy atom. The Balaban J connectivity index is 1.68. The van der Waals surface area contributed by atoms with Gasteiger partial charge in [-0.3, -0.25) is 0 Å². The Bertz CT molecular complexity index is 893. The molecule has 0 unspecified atom stereocenters. The third-order valence-corrected chi connectivity index (χ3v) is 7.57. The maximum absolute atomic E-state index is 12.4. The van der Waals surface area contributed by atoms with Crippen molar-refractivity contribution >= 4 is 27.0 Å². The van der Waals surface area contributed by atoms with Gasteiger partial charge in [0.05, 0.1) is 22.6 Å². The van der Waals surface area contributed by atoms with E-state index in [-0.39, 0.29) is 31.2 Å². The molecule has 1 N–H and O–H groups in total. The number of hydrogen-bond donors (Lipinski definition) is 1. The third kappa shape index (κ3) is 2.24. The molecule has 128 valence electrons. The molecule has 8 heteroatoms. The molecule has 0 amide bonds. The van der Waals surface area contributed by atoms with Crippen LogP contribution in [0, 0.1) is 0 Å². The molecule has 7 nitrogen and oxygen atoms in total. The second-order valence-electron chi connectivity index (χ2n) is 6.58. The van der Waals surface area contributed by atoms with Crippen molar-refractivity contribution < 1.29 is 18.3 Å². The first-order valence-electron chi connectivity index (χ1n) is 8.10. The van der Waals surface area contributed by atoms with Crippen molar-refractivity contribution in [3.05, 3.63) is 30.6 Å². The van der Waals surface area contributed by atoms with Gasteiger partial charge in [0.25, 0.3) is 0 Å². The highest BCUT2D eigenvalue weighted by Gasteiger charge is 2.48. The van der Waals surface area contributed by atoms with Gasteiger partial charge < -0.3 is 9.67 Å². The molecule has 2 aromatic rings. The number of fused-ring (bicyclic) bond motifs is 1. The van der Waals surface area contributed by atoms with Crippen LogP contribution in [0.1, 0.15) is 25.7 Å². The molecule has 24 heavy (non-hydrogen) atoms. The normalized spacial score (nSPS) is 21.8. The van der Waals surface area contributed by atoms with E-state index in [9.17, 15) is 18.3 Å². The Hall–Kier alpha value is -1.93. The Kier molecular flexibility index (Phi) is 3.43. The number of piperidine rings is 1. The third-order valence-electron chi connectivity index (χ3n) is 5.17. The van der Waals surface area contributed by atoms with Crippen LogP contribution in [0.25, 0.3) is 11.0 Å². The average molecular weight is 349 g/mol. The lowest BCUT2D eigenvalue weighted by molar-refractivity contribution is -0.149. The van der Waals surface area contributed by atoms with Gasteiger partial charge in [-0.25, -0.2) is 22.5 Å². The molecule has 1 saturated heterocycles. The number of aromatic nitrogens is 2. The lowest BCUT2D eigenvalue weighted by Gasteiger charge is -2.39. The molecule has 2 heterocycles. The van der Waals surface area contributed by atoms with Gasteiger partial charge in [0, 0.05) is 13.1 Å². The van der Waals surface area contributed by atoms with E-state index in [1.54, 1.807) is 10.9 Å². The van der Waals surface area contributed by atoms with Crippen molar-refractivity contribution in [2.75, 3.05) is 13.1 Å². The maximum atomic E-state index is 12.4. The van der Waals surface area contributed by atoms with E-state index in [2.05, 4.69) is 4.98 Å². The van der Waals surface area contributed by atoms with Gasteiger partial charge in [0.2, 0.25) is 10.0 Å². The van der Waals surface area contributed by atoms with E-state index >= 15 is 0 Å². The van der Waals surface area contributed by atoms with Gasteiger partial charge >= 0.3 is 5.97 Å². The highest BCUT2D eigenvalue weighted by atomic mass is 32.2. The summed E-state index contributed by atoms with van der Waals surface area (Å²) in [5.41, 5.74) is 0.357. The highest BCUT2D eigenvalue weighted by molar-refractivity contribution is 7.90. The molecule has 0 spiro atoms. The predicted molar refractivity (Wildman–Crippen MR) is 88.1 cm³/mol. The summed E-state index contributed by atoms with van der Waals surface area (Å²) >= 11 is 0. The van der Waals surface area contributed by atoms with Gasteiger partial charge in [-0.15, -0.1) is 0 Å². The van der Waals surface area contributed by atoms with Gasteiger partial charge in [0.15, 0.2) is 0 Å². The van der Waals surface area contributed by atoms with Gasteiger partial charge in [-0.2, -0.15) is 0 Å². The van der Waals surface area contributed by atoms with Gasteiger partial charge in [0.1, 0.15) is 5.54 Å². The minimum atomic E-state index is -3.26. The molecule has 1 aliphatic carbocycles. The molecular formula is C16H19N3O4S. The molecule has 4 rings (SSSR count). The minimum Gasteiger partial charge on any atom is -0.479 e. The fraction of sp³-hybridized carbons (Fsp3) is 0.500.